The number of nitrogens with zero attached hydrogens (tertiary/aromatic N) is 2. The molecule has 2 aromatic rings. The van der Waals surface area contributed by atoms with Crippen LogP contribution in [0.1, 0.15) is 31.9 Å². The molecule has 0 bridgehead atoms. The second-order valence-electron chi connectivity index (χ2n) is 5.76. The normalized spacial score (nSPS) is 17.2. The molecule has 0 spiro atoms. The van der Waals surface area contributed by atoms with Crippen LogP contribution in [0.3, 0.4) is 0 Å². The lowest BCUT2D eigenvalue weighted by Crippen LogP contribution is -2.35. The number of hydrogen-bond acceptors (Lipinski definition) is 3. The predicted molar refractivity (Wildman–Crippen MR) is 91.6 cm³/mol. The quantitative estimate of drug-likeness (QED) is 0.811. The molecular weight excluding hydrogens is 304 g/mol. The zero-order valence-electron chi connectivity index (χ0n) is 13.6. The molecule has 0 aliphatic carbocycles. The first-order chi connectivity index (χ1) is 11.5. The SMILES string of the molecule is CC(=O)N1C(=O)C[C@H](c2ccccc2)N(C(C)=O)c2ccccc21. The van der Waals surface area contributed by atoms with E-state index in [0.717, 1.165) is 10.5 Å². The van der Waals surface area contributed by atoms with Crippen molar-refractivity contribution in [3.05, 3.63) is 60.2 Å². The number of benzene rings is 2. The van der Waals surface area contributed by atoms with Crippen LogP contribution in [0, 0.1) is 0 Å². The van der Waals surface area contributed by atoms with Crippen LogP contribution in [0.15, 0.2) is 54.6 Å². The first kappa shape index (κ1) is 15.9. The fraction of sp³-hybridized carbons (Fsp3) is 0.211. The minimum Gasteiger partial charge on any atom is -0.303 e. The molecule has 122 valence electrons. The lowest BCUT2D eigenvalue weighted by molar-refractivity contribution is -0.125. The van der Waals surface area contributed by atoms with Crippen molar-refractivity contribution >= 4 is 29.1 Å². The van der Waals surface area contributed by atoms with Crippen LogP contribution < -0.4 is 9.80 Å². The number of carbonyl (C=O) groups excluding carboxylic acids is 3. The highest BCUT2D eigenvalue weighted by atomic mass is 16.2. The molecule has 3 amide bonds. The number of imide groups is 1. The number of fused-ring (bicyclic) bond motifs is 1. The molecule has 0 fully saturated rings. The first-order valence-electron chi connectivity index (χ1n) is 7.78. The fourth-order valence-electron chi connectivity index (χ4n) is 3.18. The van der Waals surface area contributed by atoms with E-state index in [1.165, 1.54) is 13.8 Å². The van der Waals surface area contributed by atoms with Gasteiger partial charge in [0.25, 0.3) is 0 Å². The second kappa shape index (κ2) is 6.28. The van der Waals surface area contributed by atoms with Crippen LogP contribution in [-0.4, -0.2) is 17.7 Å². The summed E-state index contributed by atoms with van der Waals surface area (Å²) < 4.78 is 0. The number of hydrogen-bond donors (Lipinski definition) is 0. The van der Waals surface area contributed by atoms with Crippen molar-refractivity contribution < 1.29 is 14.4 Å². The summed E-state index contributed by atoms with van der Waals surface area (Å²) in [5.41, 5.74) is 1.88. The Morgan fingerprint density at radius 2 is 1.46 bits per heavy atom. The molecule has 0 N–H and O–H groups in total. The van der Waals surface area contributed by atoms with Crippen molar-refractivity contribution in [2.24, 2.45) is 0 Å². The Hall–Kier alpha value is -2.95. The molecule has 0 aromatic heterocycles. The van der Waals surface area contributed by atoms with Crippen molar-refractivity contribution in [1.29, 1.82) is 0 Å². The van der Waals surface area contributed by atoms with Gasteiger partial charge in [-0.1, -0.05) is 42.5 Å². The minimum absolute atomic E-state index is 0.0534. The molecule has 1 heterocycles. The molecule has 24 heavy (non-hydrogen) atoms. The van der Waals surface area contributed by atoms with Crippen LogP contribution in [-0.2, 0) is 14.4 Å². The van der Waals surface area contributed by atoms with Crippen molar-refractivity contribution in [3.8, 4) is 0 Å². The third-order valence-corrected chi connectivity index (χ3v) is 4.15. The molecule has 1 atom stereocenters. The molecule has 3 rings (SSSR count). The second-order valence-corrected chi connectivity index (χ2v) is 5.76. The molecular formula is C19H18N2O3. The summed E-state index contributed by atoms with van der Waals surface area (Å²) in [4.78, 5) is 39.9. The van der Waals surface area contributed by atoms with E-state index in [-0.39, 0.29) is 24.1 Å². The van der Waals surface area contributed by atoms with Crippen molar-refractivity contribution in [1.82, 2.24) is 0 Å². The van der Waals surface area contributed by atoms with Gasteiger partial charge in [0, 0.05) is 13.8 Å². The summed E-state index contributed by atoms with van der Waals surface area (Å²) in [6.07, 6.45) is 0.0534. The Labute approximate surface area is 140 Å². The highest BCUT2D eigenvalue weighted by molar-refractivity contribution is 6.18. The van der Waals surface area contributed by atoms with Crippen molar-refractivity contribution in [3.63, 3.8) is 0 Å². The fourth-order valence-corrected chi connectivity index (χ4v) is 3.18. The maximum atomic E-state index is 12.7. The van der Waals surface area contributed by atoms with Crippen molar-refractivity contribution in [2.75, 3.05) is 9.80 Å². The van der Waals surface area contributed by atoms with E-state index < -0.39 is 6.04 Å². The van der Waals surface area contributed by atoms with E-state index >= 15 is 0 Å². The van der Waals surface area contributed by atoms with Gasteiger partial charge < -0.3 is 4.90 Å². The molecule has 0 radical (unpaired) electrons. The van der Waals surface area contributed by atoms with Crippen LogP contribution >= 0.6 is 0 Å². The zero-order chi connectivity index (χ0) is 17.3. The minimum atomic E-state index is -0.443. The summed E-state index contributed by atoms with van der Waals surface area (Å²) >= 11 is 0. The van der Waals surface area contributed by atoms with Gasteiger partial charge >= 0.3 is 0 Å². The van der Waals surface area contributed by atoms with E-state index in [4.69, 9.17) is 0 Å². The Balaban J connectivity index is 2.23. The van der Waals surface area contributed by atoms with Crippen LogP contribution in [0.4, 0.5) is 11.4 Å². The van der Waals surface area contributed by atoms with E-state index in [1.54, 1.807) is 29.2 Å². The van der Waals surface area contributed by atoms with Gasteiger partial charge in [-0.3, -0.25) is 14.4 Å². The van der Waals surface area contributed by atoms with Crippen LogP contribution in [0.2, 0.25) is 0 Å². The first-order valence-corrected chi connectivity index (χ1v) is 7.78. The zero-order valence-corrected chi connectivity index (χ0v) is 13.6. The molecule has 1 aliphatic heterocycles. The average Bonchev–Trinajstić information content (AvgIpc) is 2.69. The highest BCUT2D eigenvalue weighted by Crippen LogP contribution is 2.40. The van der Waals surface area contributed by atoms with E-state index in [0.29, 0.717) is 11.4 Å². The lowest BCUT2D eigenvalue weighted by atomic mass is 10.0. The van der Waals surface area contributed by atoms with Gasteiger partial charge in [0.1, 0.15) is 0 Å². The molecule has 0 unspecified atom stereocenters. The molecule has 2 aromatic carbocycles. The van der Waals surface area contributed by atoms with Gasteiger partial charge in [-0.25, -0.2) is 4.90 Å². The summed E-state index contributed by atoms with van der Waals surface area (Å²) in [7, 11) is 0. The molecule has 1 aliphatic rings. The predicted octanol–water partition coefficient (Wildman–Crippen LogP) is 3.06. The number of anilines is 2. The number of amides is 3. The largest absolute Gasteiger partial charge is 0.303 e. The molecule has 5 heteroatoms. The Morgan fingerprint density at radius 3 is 2.04 bits per heavy atom. The highest BCUT2D eigenvalue weighted by Gasteiger charge is 2.36. The number of rotatable bonds is 1. The van der Waals surface area contributed by atoms with E-state index in [2.05, 4.69) is 0 Å². The standard InChI is InChI=1S/C19H18N2O3/c1-13(22)20-16-10-6-7-11-17(16)21(14(2)23)19(24)12-18(20)15-8-4-3-5-9-15/h3-11,18H,12H2,1-2H3/t18-/m1/s1. The van der Waals surface area contributed by atoms with Crippen LogP contribution in [0.25, 0.3) is 0 Å². The van der Waals surface area contributed by atoms with E-state index in [1.807, 2.05) is 30.3 Å². The number of para-hydroxylation sites is 2. The smallest absolute Gasteiger partial charge is 0.236 e. The van der Waals surface area contributed by atoms with Gasteiger partial charge in [0.05, 0.1) is 23.8 Å². The van der Waals surface area contributed by atoms with Gasteiger partial charge in [0.15, 0.2) is 0 Å². The molecule has 0 saturated heterocycles. The average molecular weight is 322 g/mol. The summed E-state index contributed by atoms with van der Waals surface area (Å²) in [6.45, 7) is 2.83. The summed E-state index contributed by atoms with van der Waals surface area (Å²) in [5, 5.41) is 0. The molecule has 5 nitrogen and oxygen atoms in total. The third-order valence-electron chi connectivity index (χ3n) is 4.15. The monoisotopic (exact) mass is 322 g/mol. The third kappa shape index (κ3) is 2.69. The van der Waals surface area contributed by atoms with E-state index in [9.17, 15) is 14.4 Å². The number of carbonyl (C=O) groups is 3. The maximum absolute atomic E-state index is 12.7. The van der Waals surface area contributed by atoms with Crippen molar-refractivity contribution in [2.45, 2.75) is 26.3 Å². The van der Waals surface area contributed by atoms with Gasteiger partial charge in [0.2, 0.25) is 17.7 Å². The Kier molecular flexibility index (Phi) is 4.16. The van der Waals surface area contributed by atoms with Gasteiger partial charge in [-0.2, -0.15) is 0 Å². The van der Waals surface area contributed by atoms with Gasteiger partial charge in [-0.15, -0.1) is 0 Å². The maximum Gasteiger partial charge on any atom is 0.236 e. The summed E-state index contributed by atoms with van der Waals surface area (Å²) in [5.74, 6) is -0.841. The Morgan fingerprint density at radius 1 is 0.875 bits per heavy atom. The topological polar surface area (TPSA) is 57.7 Å². The Bertz CT molecular complexity index is 801. The lowest BCUT2D eigenvalue weighted by Gasteiger charge is -2.29. The summed E-state index contributed by atoms with van der Waals surface area (Å²) in [6, 6.07) is 16.0. The van der Waals surface area contributed by atoms with Gasteiger partial charge in [-0.05, 0) is 17.7 Å². The molecule has 0 saturated carbocycles. The van der Waals surface area contributed by atoms with Crippen LogP contribution in [0.5, 0.6) is 0 Å².